The summed E-state index contributed by atoms with van der Waals surface area (Å²) < 4.78 is 0. The van der Waals surface area contributed by atoms with E-state index in [0.29, 0.717) is 0 Å². The van der Waals surface area contributed by atoms with Crippen molar-refractivity contribution in [3.05, 3.63) is 46.2 Å². The summed E-state index contributed by atoms with van der Waals surface area (Å²) in [5, 5.41) is 5.32. The molecule has 0 unspecified atom stereocenters. The summed E-state index contributed by atoms with van der Waals surface area (Å²) >= 11 is 1.71. The number of rotatable bonds is 2. The largest absolute Gasteiger partial charge is 0.288 e. The van der Waals surface area contributed by atoms with Gasteiger partial charge in [0.25, 0.3) is 0 Å². The number of nitrogens with zero attached hydrogens (tertiary/aromatic N) is 3. The summed E-state index contributed by atoms with van der Waals surface area (Å²) in [5.41, 5.74) is 1.99. The fourth-order valence-corrected chi connectivity index (χ4v) is 3.53. The van der Waals surface area contributed by atoms with Crippen molar-refractivity contribution in [3.63, 3.8) is 0 Å². The Morgan fingerprint density at radius 3 is 2.71 bits per heavy atom. The summed E-state index contributed by atoms with van der Waals surface area (Å²) in [5.74, 6) is 0. The molecule has 1 saturated heterocycles. The van der Waals surface area contributed by atoms with Crippen molar-refractivity contribution >= 4 is 11.3 Å². The fourth-order valence-electron chi connectivity index (χ4n) is 2.65. The zero-order valence-corrected chi connectivity index (χ0v) is 13.7. The molecular formula is C16H21N3OS. The van der Waals surface area contributed by atoms with Crippen LogP contribution < -0.4 is 0 Å². The van der Waals surface area contributed by atoms with E-state index in [9.17, 15) is 0 Å². The number of thiazole rings is 1. The van der Waals surface area contributed by atoms with Crippen molar-refractivity contribution in [1.29, 1.82) is 0 Å². The Morgan fingerprint density at radius 2 is 2.14 bits per heavy atom. The van der Waals surface area contributed by atoms with Gasteiger partial charge >= 0.3 is 0 Å². The molecule has 4 nitrogen and oxygen atoms in total. The molecule has 0 saturated carbocycles. The minimum absolute atomic E-state index is 0.000342. The van der Waals surface area contributed by atoms with E-state index in [-0.39, 0.29) is 17.7 Å². The monoisotopic (exact) mass is 303 g/mol. The van der Waals surface area contributed by atoms with Crippen molar-refractivity contribution in [3.8, 4) is 0 Å². The van der Waals surface area contributed by atoms with Gasteiger partial charge in [0, 0.05) is 29.2 Å². The van der Waals surface area contributed by atoms with E-state index in [0.717, 1.165) is 22.8 Å². The molecule has 1 aliphatic rings. The van der Waals surface area contributed by atoms with Crippen LogP contribution >= 0.6 is 11.3 Å². The van der Waals surface area contributed by atoms with Gasteiger partial charge in [-0.15, -0.1) is 11.3 Å². The minimum Gasteiger partial charge on any atom is -0.288 e. The highest BCUT2D eigenvalue weighted by molar-refractivity contribution is 7.09. The molecule has 5 heteroatoms. The second-order valence-electron chi connectivity index (χ2n) is 6.42. The van der Waals surface area contributed by atoms with Gasteiger partial charge in [-0.3, -0.25) is 9.82 Å². The van der Waals surface area contributed by atoms with Crippen molar-refractivity contribution < 1.29 is 4.84 Å². The zero-order valence-electron chi connectivity index (χ0n) is 12.9. The van der Waals surface area contributed by atoms with E-state index >= 15 is 0 Å². The van der Waals surface area contributed by atoms with E-state index in [1.54, 1.807) is 11.3 Å². The summed E-state index contributed by atoms with van der Waals surface area (Å²) in [6, 6.07) is 6.16. The van der Waals surface area contributed by atoms with E-state index in [2.05, 4.69) is 41.2 Å². The van der Waals surface area contributed by atoms with Crippen molar-refractivity contribution in [1.82, 2.24) is 15.0 Å². The van der Waals surface area contributed by atoms with Gasteiger partial charge in [0.15, 0.2) is 0 Å². The summed E-state index contributed by atoms with van der Waals surface area (Å²) in [6.45, 7) is 8.54. The van der Waals surface area contributed by atoms with Gasteiger partial charge in [0.1, 0.15) is 11.1 Å². The molecular weight excluding hydrogens is 282 g/mol. The molecule has 21 heavy (non-hydrogen) atoms. The Morgan fingerprint density at radius 1 is 1.33 bits per heavy atom. The van der Waals surface area contributed by atoms with Gasteiger partial charge in [-0.1, -0.05) is 6.07 Å². The van der Waals surface area contributed by atoms with Gasteiger partial charge < -0.3 is 0 Å². The molecule has 0 N–H and O–H groups in total. The lowest BCUT2D eigenvalue weighted by atomic mass is 10.0. The van der Waals surface area contributed by atoms with Crippen LogP contribution in [0, 0.1) is 6.92 Å². The smallest absolute Gasteiger partial charge is 0.123 e. The molecule has 1 aliphatic heterocycles. The molecule has 0 spiro atoms. The molecule has 0 radical (unpaired) electrons. The first-order valence-corrected chi connectivity index (χ1v) is 8.12. The van der Waals surface area contributed by atoms with Gasteiger partial charge in [0.2, 0.25) is 0 Å². The predicted molar refractivity (Wildman–Crippen MR) is 83.9 cm³/mol. The fraction of sp³-hybridized carbons (Fsp3) is 0.500. The number of pyridine rings is 1. The van der Waals surface area contributed by atoms with Gasteiger partial charge in [0.05, 0.1) is 11.7 Å². The van der Waals surface area contributed by atoms with Crippen LogP contribution in [0.3, 0.4) is 0 Å². The highest BCUT2D eigenvalue weighted by atomic mass is 32.1. The highest BCUT2D eigenvalue weighted by Crippen LogP contribution is 2.45. The minimum atomic E-state index is -0.0756. The Balaban J connectivity index is 1.90. The molecule has 2 aromatic heterocycles. The quantitative estimate of drug-likeness (QED) is 0.838. The predicted octanol–water partition coefficient (Wildman–Crippen LogP) is 4.06. The third-order valence-electron chi connectivity index (χ3n) is 3.56. The molecule has 1 fully saturated rings. The molecule has 0 bridgehead atoms. The zero-order chi connectivity index (χ0) is 15.0. The van der Waals surface area contributed by atoms with Crippen molar-refractivity contribution in [2.24, 2.45) is 0 Å². The van der Waals surface area contributed by atoms with Crippen molar-refractivity contribution in [2.45, 2.75) is 51.8 Å². The summed E-state index contributed by atoms with van der Waals surface area (Å²) in [4.78, 5) is 15.3. The van der Waals surface area contributed by atoms with Crippen LogP contribution in [0.1, 0.15) is 55.7 Å². The highest BCUT2D eigenvalue weighted by Gasteiger charge is 2.42. The van der Waals surface area contributed by atoms with Gasteiger partial charge in [-0.05, 0) is 39.8 Å². The van der Waals surface area contributed by atoms with Gasteiger partial charge in [-0.2, -0.15) is 5.06 Å². The third kappa shape index (κ3) is 3.00. The molecule has 3 heterocycles. The average Bonchev–Trinajstić information content (AvgIpc) is 3.05. The normalized spacial score (nSPS) is 23.6. The summed E-state index contributed by atoms with van der Waals surface area (Å²) in [6.07, 6.45) is 2.71. The lowest BCUT2D eigenvalue weighted by Crippen LogP contribution is -2.39. The SMILES string of the molecule is Cc1csc([C@@H]2C[C@H](c3ccccn3)ON2C(C)(C)C)n1. The second-order valence-corrected chi connectivity index (χ2v) is 7.31. The molecule has 3 rings (SSSR count). The van der Waals surface area contributed by atoms with E-state index in [1.807, 2.05) is 31.3 Å². The first-order chi connectivity index (χ1) is 9.95. The van der Waals surface area contributed by atoms with Crippen LogP contribution in [-0.4, -0.2) is 20.6 Å². The molecule has 2 aromatic rings. The Labute approximate surface area is 129 Å². The number of aryl methyl sites for hydroxylation is 1. The maximum Gasteiger partial charge on any atom is 0.123 e. The standard InChI is InChI=1S/C16H21N3OS/c1-11-10-21-15(18-11)13-9-14(12-7-5-6-8-17-12)20-19(13)16(2,3)4/h5-8,10,13-14H,9H2,1-4H3/t13-,14+/m0/s1. The lowest BCUT2D eigenvalue weighted by Gasteiger charge is -2.34. The van der Waals surface area contributed by atoms with E-state index in [4.69, 9.17) is 4.84 Å². The Bertz CT molecular complexity index is 605. The lowest BCUT2D eigenvalue weighted by molar-refractivity contribution is -0.215. The molecule has 112 valence electrons. The van der Waals surface area contributed by atoms with Crippen LogP contribution in [0.5, 0.6) is 0 Å². The topological polar surface area (TPSA) is 38.2 Å². The summed E-state index contributed by atoms with van der Waals surface area (Å²) in [7, 11) is 0. The first-order valence-electron chi connectivity index (χ1n) is 7.24. The van der Waals surface area contributed by atoms with Crippen LogP contribution in [0.15, 0.2) is 29.8 Å². The third-order valence-corrected chi connectivity index (χ3v) is 4.63. The Hall–Kier alpha value is -1.30. The second kappa shape index (κ2) is 5.48. The Kier molecular flexibility index (Phi) is 3.82. The molecule has 0 aromatic carbocycles. The van der Waals surface area contributed by atoms with Crippen LogP contribution in [0.4, 0.5) is 0 Å². The van der Waals surface area contributed by atoms with E-state index in [1.165, 1.54) is 0 Å². The van der Waals surface area contributed by atoms with Crippen LogP contribution in [0.2, 0.25) is 0 Å². The number of hydrogen-bond acceptors (Lipinski definition) is 5. The number of aromatic nitrogens is 2. The van der Waals surface area contributed by atoms with E-state index < -0.39 is 0 Å². The molecule has 0 amide bonds. The van der Waals surface area contributed by atoms with Crippen LogP contribution in [-0.2, 0) is 4.84 Å². The number of hydrogen-bond donors (Lipinski definition) is 0. The van der Waals surface area contributed by atoms with Gasteiger partial charge in [-0.25, -0.2) is 4.98 Å². The average molecular weight is 303 g/mol. The maximum absolute atomic E-state index is 6.23. The molecule has 0 aliphatic carbocycles. The van der Waals surface area contributed by atoms with Crippen molar-refractivity contribution in [2.75, 3.05) is 0 Å². The first kappa shape index (κ1) is 14.6. The maximum atomic E-state index is 6.23. The van der Waals surface area contributed by atoms with Crippen LogP contribution in [0.25, 0.3) is 0 Å². The number of hydroxylamine groups is 2. The molecule has 2 atom stereocenters.